The van der Waals surface area contributed by atoms with Gasteiger partial charge >= 0.3 is 0 Å². The molecule has 0 radical (unpaired) electrons. The van der Waals surface area contributed by atoms with Gasteiger partial charge in [-0.2, -0.15) is 0 Å². The fourth-order valence-corrected chi connectivity index (χ4v) is 2.23. The summed E-state index contributed by atoms with van der Waals surface area (Å²) in [6.07, 6.45) is 0.664. The second-order valence-corrected chi connectivity index (χ2v) is 4.17. The molecular formula is C13H16O. The van der Waals surface area contributed by atoms with Crippen molar-refractivity contribution < 1.29 is 5.11 Å². The molecule has 1 nitrogen and oxygen atoms in total. The molecule has 0 bridgehead atoms. The van der Waals surface area contributed by atoms with Gasteiger partial charge in [0.15, 0.2) is 0 Å². The zero-order chi connectivity index (χ0) is 10.1. The van der Waals surface area contributed by atoms with Gasteiger partial charge in [0, 0.05) is 5.92 Å². The fourth-order valence-electron chi connectivity index (χ4n) is 2.23. The predicted molar refractivity (Wildman–Crippen MR) is 58.1 cm³/mol. The monoisotopic (exact) mass is 188 g/mol. The van der Waals surface area contributed by atoms with Gasteiger partial charge in [-0.3, -0.25) is 0 Å². The quantitative estimate of drug-likeness (QED) is 0.672. The lowest BCUT2D eigenvalue weighted by Gasteiger charge is -2.14. The van der Waals surface area contributed by atoms with Crippen molar-refractivity contribution in [2.75, 3.05) is 0 Å². The van der Waals surface area contributed by atoms with Gasteiger partial charge in [0.1, 0.15) is 0 Å². The van der Waals surface area contributed by atoms with E-state index in [2.05, 4.69) is 25.6 Å². The number of hydrogen-bond donors (Lipinski definition) is 1. The van der Waals surface area contributed by atoms with Crippen LogP contribution < -0.4 is 0 Å². The summed E-state index contributed by atoms with van der Waals surface area (Å²) in [6.45, 7) is 6.08. The van der Waals surface area contributed by atoms with Gasteiger partial charge in [-0.1, -0.05) is 43.8 Å². The Morgan fingerprint density at radius 2 is 1.93 bits per heavy atom. The predicted octanol–water partition coefficient (Wildman–Crippen LogP) is 2.73. The minimum absolute atomic E-state index is 0.249. The Morgan fingerprint density at radius 1 is 1.29 bits per heavy atom. The number of aliphatic hydroxyl groups excluding tert-OH is 1. The molecule has 1 saturated carbocycles. The highest BCUT2D eigenvalue weighted by Crippen LogP contribution is 2.40. The number of rotatable bonds is 1. The van der Waals surface area contributed by atoms with Crippen molar-refractivity contribution in [3.05, 3.63) is 48.0 Å². The van der Waals surface area contributed by atoms with Crippen molar-refractivity contribution in [1.82, 2.24) is 0 Å². The highest BCUT2D eigenvalue weighted by Gasteiger charge is 2.34. The molecule has 1 N–H and O–H groups in total. The van der Waals surface area contributed by atoms with Crippen molar-refractivity contribution >= 4 is 0 Å². The van der Waals surface area contributed by atoms with Crippen molar-refractivity contribution in [2.24, 2.45) is 5.92 Å². The summed E-state index contributed by atoms with van der Waals surface area (Å²) < 4.78 is 0. The number of hydrogen-bond acceptors (Lipinski definition) is 1. The minimum Gasteiger partial charge on any atom is -0.388 e. The molecule has 0 spiro atoms. The third kappa shape index (κ3) is 1.48. The molecule has 0 amide bonds. The van der Waals surface area contributed by atoms with E-state index >= 15 is 0 Å². The number of benzene rings is 1. The molecule has 1 aliphatic rings. The molecular weight excluding hydrogens is 172 g/mol. The van der Waals surface area contributed by atoms with Crippen molar-refractivity contribution in [3.8, 4) is 0 Å². The van der Waals surface area contributed by atoms with E-state index in [1.807, 2.05) is 18.2 Å². The standard InChI is InChI=1S/C13H16O/c1-9-8-12(13(14)10(9)2)11-6-4-3-5-7-11/h3-7,9,12-14H,2,8H2,1H3/t9-,12+,13+/m1/s1. The third-order valence-electron chi connectivity index (χ3n) is 3.23. The molecule has 14 heavy (non-hydrogen) atoms. The van der Waals surface area contributed by atoms with Crippen molar-refractivity contribution in [3.63, 3.8) is 0 Å². The average Bonchev–Trinajstić information content (AvgIpc) is 2.47. The van der Waals surface area contributed by atoms with Crippen LogP contribution in [0.3, 0.4) is 0 Å². The Kier molecular flexibility index (Phi) is 2.42. The summed E-state index contributed by atoms with van der Waals surface area (Å²) in [5.74, 6) is 0.689. The van der Waals surface area contributed by atoms with Gasteiger partial charge in [-0.15, -0.1) is 0 Å². The van der Waals surface area contributed by atoms with E-state index in [4.69, 9.17) is 0 Å². The molecule has 0 heterocycles. The van der Waals surface area contributed by atoms with E-state index in [9.17, 15) is 5.11 Å². The van der Waals surface area contributed by atoms with E-state index in [0.717, 1.165) is 12.0 Å². The number of aliphatic hydroxyl groups is 1. The Balaban J connectivity index is 2.26. The normalized spacial score (nSPS) is 32.1. The van der Waals surface area contributed by atoms with Crippen LogP contribution in [0.5, 0.6) is 0 Å². The van der Waals surface area contributed by atoms with Crippen LogP contribution in [0.25, 0.3) is 0 Å². The maximum Gasteiger partial charge on any atom is 0.0818 e. The Bertz CT molecular complexity index is 328. The van der Waals surface area contributed by atoms with Crippen LogP contribution in [0.1, 0.15) is 24.8 Å². The summed E-state index contributed by atoms with van der Waals surface area (Å²) in [6, 6.07) is 10.2. The Labute approximate surface area is 85.1 Å². The van der Waals surface area contributed by atoms with Crippen LogP contribution in [0.4, 0.5) is 0 Å². The summed E-state index contributed by atoms with van der Waals surface area (Å²) >= 11 is 0. The molecule has 74 valence electrons. The molecule has 0 unspecified atom stereocenters. The summed E-state index contributed by atoms with van der Waals surface area (Å²) in [5, 5.41) is 9.98. The molecule has 1 aromatic carbocycles. The lowest BCUT2D eigenvalue weighted by atomic mass is 9.95. The minimum atomic E-state index is -0.354. The van der Waals surface area contributed by atoms with E-state index < -0.39 is 0 Å². The van der Waals surface area contributed by atoms with Gasteiger partial charge in [0.2, 0.25) is 0 Å². The zero-order valence-electron chi connectivity index (χ0n) is 8.48. The average molecular weight is 188 g/mol. The summed E-state index contributed by atoms with van der Waals surface area (Å²) in [4.78, 5) is 0. The Hall–Kier alpha value is -1.08. The third-order valence-corrected chi connectivity index (χ3v) is 3.23. The molecule has 1 heteroatoms. The van der Waals surface area contributed by atoms with Gasteiger partial charge < -0.3 is 5.11 Å². The molecule has 1 fully saturated rings. The van der Waals surface area contributed by atoms with Crippen LogP contribution in [0, 0.1) is 5.92 Å². The second-order valence-electron chi connectivity index (χ2n) is 4.17. The summed E-state index contributed by atoms with van der Waals surface area (Å²) in [5.41, 5.74) is 2.21. The zero-order valence-corrected chi connectivity index (χ0v) is 8.48. The lowest BCUT2D eigenvalue weighted by molar-refractivity contribution is 0.197. The van der Waals surface area contributed by atoms with Crippen molar-refractivity contribution in [1.29, 1.82) is 0 Å². The molecule has 0 saturated heterocycles. The molecule has 2 rings (SSSR count). The SMILES string of the molecule is C=C1[C@H](C)C[C@@H](c2ccccc2)[C@H]1O. The van der Waals surface area contributed by atoms with Crippen LogP contribution in [-0.2, 0) is 0 Å². The smallest absolute Gasteiger partial charge is 0.0818 e. The lowest BCUT2D eigenvalue weighted by Crippen LogP contribution is -2.12. The summed E-state index contributed by atoms with van der Waals surface area (Å²) in [7, 11) is 0. The van der Waals surface area contributed by atoms with Crippen LogP contribution in [-0.4, -0.2) is 11.2 Å². The highest BCUT2D eigenvalue weighted by molar-refractivity contribution is 5.29. The van der Waals surface area contributed by atoms with Gasteiger partial charge in [0.05, 0.1) is 6.10 Å². The van der Waals surface area contributed by atoms with E-state index in [0.29, 0.717) is 5.92 Å². The Morgan fingerprint density at radius 3 is 2.43 bits per heavy atom. The fraction of sp³-hybridized carbons (Fsp3) is 0.385. The molecule has 0 aliphatic heterocycles. The van der Waals surface area contributed by atoms with Gasteiger partial charge in [-0.05, 0) is 23.5 Å². The first-order valence-corrected chi connectivity index (χ1v) is 5.12. The molecule has 1 aromatic rings. The first-order valence-electron chi connectivity index (χ1n) is 5.12. The molecule has 0 aromatic heterocycles. The van der Waals surface area contributed by atoms with Crippen LogP contribution in [0.15, 0.2) is 42.5 Å². The van der Waals surface area contributed by atoms with Crippen molar-refractivity contribution in [2.45, 2.75) is 25.4 Å². The largest absolute Gasteiger partial charge is 0.388 e. The van der Waals surface area contributed by atoms with Gasteiger partial charge in [0.25, 0.3) is 0 Å². The topological polar surface area (TPSA) is 20.2 Å². The molecule has 3 atom stereocenters. The maximum atomic E-state index is 9.98. The van der Waals surface area contributed by atoms with Crippen LogP contribution in [0.2, 0.25) is 0 Å². The first kappa shape index (κ1) is 9.47. The first-order chi connectivity index (χ1) is 6.70. The molecule has 1 aliphatic carbocycles. The second kappa shape index (κ2) is 3.58. The van der Waals surface area contributed by atoms with Gasteiger partial charge in [-0.25, -0.2) is 0 Å². The van der Waals surface area contributed by atoms with E-state index in [1.54, 1.807) is 0 Å². The highest BCUT2D eigenvalue weighted by atomic mass is 16.3. The van der Waals surface area contributed by atoms with E-state index in [1.165, 1.54) is 5.56 Å². The maximum absolute atomic E-state index is 9.98. The van der Waals surface area contributed by atoms with E-state index in [-0.39, 0.29) is 12.0 Å². The van der Waals surface area contributed by atoms with Crippen LogP contribution >= 0.6 is 0 Å².